The molecule has 1 aromatic carbocycles. The number of nitrogens with zero attached hydrogens (tertiary/aromatic N) is 3. The lowest BCUT2D eigenvalue weighted by atomic mass is 10.2. The van der Waals surface area contributed by atoms with Crippen LogP contribution in [0.5, 0.6) is 0 Å². The largest absolute Gasteiger partial charge is 0.325 e. The van der Waals surface area contributed by atoms with E-state index in [-0.39, 0.29) is 5.56 Å². The van der Waals surface area contributed by atoms with E-state index >= 15 is 0 Å². The topological polar surface area (TPSA) is 72.8 Å². The SMILES string of the molecule is CN(c1cccc(C#N)c1)c1ncc[nH]c1=O. The summed E-state index contributed by atoms with van der Waals surface area (Å²) in [5.41, 5.74) is 1.02. The van der Waals surface area contributed by atoms with Crippen LogP contribution in [0.25, 0.3) is 0 Å². The van der Waals surface area contributed by atoms with Gasteiger partial charge in [-0.3, -0.25) is 4.79 Å². The van der Waals surface area contributed by atoms with Crippen molar-refractivity contribution < 1.29 is 0 Å². The molecule has 84 valence electrons. The normalized spacial score (nSPS) is 9.65. The molecule has 1 heterocycles. The van der Waals surface area contributed by atoms with Crippen LogP contribution in [0.2, 0.25) is 0 Å². The highest BCUT2D eigenvalue weighted by atomic mass is 16.1. The molecular formula is C12H10N4O. The maximum atomic E-state index is 11.6. The zero-order chi connectivity index (χ0) is 12.3. The minimum atomic E-state index is -0.266. The van der Waals surface area contributed by atoms with Crippen molar-refractivity contribution in [1.82, 2.24) is 9.97 Å². The van der Waals surface area contributed by atoms with Gasteiger partial charge in [-0.25, -0.2) is 4.98 Å². The van der Waals surface area contributed by atoms with Gasteiger partial charge in [0, 0.05) is 25.1 Å². The van der Waals surface area contributed by atoms with Gasteiger partial charge in [0.15, 0.2) is 5.82 Å². The number of anilines is 2. The minimum Gasteiger partial charge on any atom is -0.325 e. The molecule has 1 aromatic heterocycles. The van der Waals surface area contributed by atoms with Crippen LogP contribution in [0.4, 0.5) is 11.5 Å². The Labute approximate surface area is 98.0 Å². The molecule has 0 spiro atoms. The molecule has 0 atom stereocenters. The van der Waals surface area contributed by atoms with Gasteiger partial charge < -0.3 is 9.88 Å². The van der Waals surface area contributed by atoms with Crippen LogP contribution in [0.3, 0.4) is 0 Å². The van der Waals surface area contributed by atoms with Crippen molar-refractivity contribution in [3.05, 3.63) is 52.6 Å². The lowest BCUT2D eigenvalue weighted by Crippen LogP contribution is -2.21. The number of H-pyrrole nitrogens is 1. The summed E-state index contributed by atoms with van der Waals surface area (Å²) in [6.07, 6.45) is 2.99. The zero-order valence-corrected chi connectivity index (χ0v) is 9.21. The van der Waals surface area contributed by atoms with Gasteiger partial charge in [-0.1, -0.05) is 6.07 Å². The monoisotopic (exact) mass is 226 g/mol. The van der Waals surface area contributed by atoms with E-state index in [1.807, 2.05) is 6.07 Å². The second-order valence-electron chi connectivity index (χ2n) is 3.46. The van der Waals surface area contributed by atoms with E-state index in [2.05, 4.69) is 16.0 Å². The first-order chi connectivity index (χ1) is 8.22. The summed E-state index contributed by atoms with van der Waals surface area (Å²) in [5.74, 6) is 0.294. The summed E-state index contributed by atoms with van der Waals surface area (Å²) >= 11 is 0. The summed E-state index contributed by atoms with van der Waals surface area (Å²) in [5, 5.41) is 8.82. The van der Waals surface area contributed by atoms with Crippen molar-refractivity contribution in [1.29, 1.82) is 5.26 Å². The van der Waals surface area contributed by atoms with Crippen molar-refractivity contribution in [3.8, 4) is 6.07 Å². The Morgan fingerprint density at radius 3 is 3.00 bits per heavy atom. The number of hydrogen-bond donors (Lipinski definition) is 1. The third kappa shape index (κ3) is 2.16. The van der Waals surface area contributed by atoms with E-state index in [1.165, 1.54) is 12.4 Å². The third-order valence-corrected chi connectivity index (χ3v) is 2.37. The molecule has 0 saturated carbocycles. The molecule has 2 aromatic rings. The highest BCUT2D eigenvalue weighted by molar-refractivity contribution is 5.60. The van der Waals surface area contributed by atoms with Crippen molar-refractivity contribution in [3.63, 3.8) is 0 Å². The quantitative estimate of drug-likeness (QED) is 0.840. The first-order valence-electron chi connectivity index (χ1n) is 5.00. The Kier molecular flexibility index (Phi) is 2.88. The molecule has 2 rings (SSSR count). The molecule has 5 nitrogen and oxygen atoms in total. The minimum absolute atomic E-state index is 0.266. The van der Waals surface area contributed by atoms with E-state index in [0.29, 0.717) is 11.4 Å². The van der Waals surface area contributed by atoms with Gasteiger partial charge in [0.2, 0.25) is 0 Å². The predicted octanol–water partition coefficient (Wildman–Crippen LogP) is 1.41. The first-order valence-corrected chi connectivity index (χ1v) is 5.00. The molecule has 0 aliphatic heterocycles. The smallest absolute Gasteiger partial charge is 0.291 e. The zero-order valence-electron chi connectivity index (χ0n) is 9.21. The molecule has 0 saturated heterocycles. The molecule has 0 fully saturated rings. The van der Waals surface area contributed by atoms with Crippen molar-refractivity contribution >= 4 is 11.5 Å². The number of nitrogens with one attached hydrogen (secondary N) is 1. The average molecular weight is 226 g/mol. The second-order valence-corrected chi connectivity index (χ2v) is 3.46. The molecular weight excluding hydrogens is 216 g/mol. The Morgan fingerprint density at radius 1 is 1.47 bits per heavy atom. The molecule has 1 N–H and O–H groups in total. The summed E-state index contributed by atoms with van der Waals surface area (Å²) in [6, 6.07) is 9.05. The predicted molar refractivity (Wildman–Crippen MR) is 64.1 cm³/mol. The van der Waals surface area contributed by atoms with Gasteiger partial charge in [0.05, 0.1) is 11.6 Å². The van der Waals surface area contributed by atoms with E-state index in [0.717, 1.165) is 5.69 Å². The number of hydrogen-bond acceptors (Lipinski definition) is 4. The molecule has 0 bridgehead atoms. The molecule has 0 aliphatic carbocycles. The van der Waals surface area contributed by atoms with E-state index in [1.54, 1.807) is 30.1 Å². The van der Waals surface area contributed by atoms with Gasteiger partial charge >= 0.3 is 0 Å². The van der Waals surface area contributed by atoms with Crippen LogP contribution < -0.4 is 10.5 Å². The van der Waals surface area contributed by atoms with Gasteiger partial charge in [-0.05, 0) is 18.2 Å². The summed E-state index contributed by atoms with van der Waals surface area (Å²) in [7, 11) is 1.73. The van der Waals surface area contributed by atoms with E-state index in [9.17, 15) is 4.79 Å². The first kappa shape index (κ1) is 10.9. The second kappa shape index (κ2) is 4.49. The summed E-state index contributed by atoms with van der Waals surface area (Å²) in [4.78, 5) is 19.8. The van der Waals surface area contributed by atoms with Crippen molar-refractivity contribution in [2.24, 2.45) is 0 Å². The molecule has 0 unspecified atom stereocenters. The van der Waals surface area contributed by atoms with E-state index < -0.39 is 0 Å². The van der Waals surface area contributed by atoms with Gasteiger partial charge in [-0.15, -0.1) is 0 Å². The summed E-state index contributed by atoms with van der Waals surface area (Å²) in [6.45, 7) is 0. The number of aromatic nitrogens is 2. The van der Waals surface area contributed by atoms with E-state index in [4.69, 9.17) is 5.26 Å². The molecule has 0 aliphatic rings. The lowest BCUT2D eigenvalue weighted by molar-refractivity contribution is 1.05. The van der Waals surface area contributed by atoms with Crippen LogP contribution in [0.1, 0.15) is 5.56 Å². The van der Waals surface area contributed by atoms with Crippen molar-refractivity contribution in [2.45, 2.75) is 0 Å². The number of aromatic amines is 1. The highest BCUT2D eigenvalue weighted by Gasteiger charge is 2.09. The van der Waals surface area contributed by atoms with Crippen molar-refractivity contribution in [2.75, 3.05) is 11.9 Å². The fraction of sp³-hybridized carbons (Fsp3) is 0.0833. The fourth-order valence-electron chi connectivity index (χ4n) is 1.49. The maximum Gasteiger partial charge on any atom is 0.291 e. The Morgan fingerprint density at radius 2 is 2.29 bits per heavy atom. The number of benzene rings is 1. The Balaban J connectivity index is 2.44. The number of nitriles is 1. The number of rotatable bonds is 2. The van der Waals surface area contributed by atoms with Crippen LogP contribution in [0.15, 0.2) is 41.5 Å². The van der Waals surface area contributed by atoms with Gasteiger partial charge in [0.25, 0.3) is 5.56 Å². The van der Waals surface area contributed by atoms with Crippen LogP contribution in [0, 0.1) is 11.3 Å². The standard InChI is InChI=1S/C12H10N4O/c1-16(11-12(17)15-6-5-14-11)10-4-2-3-9(7-10)8-13/h2-7H,1H3,(H,15,17). The van der Waals surface area contributed by atoms with Crippen LogP contribution in [-0.2, 0) is 0 Å². The maximum absolute atomic E-state index is 11.6. The Bertz CT molecular complexity index is 627. The van der Waals surface area contributed by atoms with Gasteiger partial charge in [0.1, 0.15) is 0 Å². The molecule has 0 amide bonds. The molecule has 17 heavy (non-hydrogen) atoms. The average Bonchev–Trinajstić information content (AvgIpc) is 2.38. The lowest BCUT2D eigenvalue weighted by Gasteiger charge is -2.16. The van der Waals surface area contributed by atoms with Crippen LogP contribution >= 0.6 is 0 Å². The van der Waals surface area contributed by atoms with Gasteiger partial charge in [-0.2, -0.15) is 5.26 Å². The molecule has 0 radical (unpaired) electrons. The highest BCUT2D eigenvalue weighted by Crippen LogP contribution is 2.19. The fourth-order valence-corrected chi connectivity index (χ4v) is 1.49. The Hall–Kier alpha value is -2.61. The third-order valence-electron chi connectivity index (χ3n) is 2.37. The molecule has 5 heteroatoms. The summed E-state index contributed by atoms with van der Waals surface area (Å²) < 4.78 is 0. The van der Waals surface area contributed by atoms with Crippen LogP contribution in [-0.4, -0.2) is 17.0 Å².